The first-order valence-electron chi connectivity index (χ1n) is 5.41. The molecule has 0 aliphatic rings. The highest BCUT2D eigenvalue weighted by Crippen LogP contribution is 2.12. The first-order valence-corrected chi connectivity index (χ1v) is 5.41. The van der Waals surface area contributed by atoms with Gasteiger partial charge in [0.15, 0.2) is 11.6 Å². The lowest BCUT2D eigenvalue weighted by molar-refractivity contribution is -0.123. The highest BCUT2D eigenvalue weighted by Gasteiger charge is 2.18. The summed E-state index contributed by atoms with van der Waals surface area (Å²) in [4.78, 5) is 23.2. The second-order valence-corrected chi connectivity index (χ2v) is 3.93. The Morgan fingerprint density at radius 1 is 1.38 bits per heavy atom. The van der Waals surface area contributed by atoms with Gasteiger partial charge in [0, 0.05) is 17.9 Å². The van der Waals surface area contributed by atoms with Gasteiger partial charge in [-0.2, -0.15) is 0 Å². The molecule has 0 spiro atoms. The number of carbonyl (C=O) groups is 2. The molecule has 0 radical (unpaired) electrons. The fraction of sp³-hybridized carbons (Fsp3) is 0.538. The second-order valence-electron chi connectivity index (χ2n) is 3.93. The third kappa shape index (κ3) is 4.91. The molecule has 0 N–H and O–H groups in total. The predicted molar refractivity (Wildman–Crippen MR) is 64.0 cm³/mol. The Bertz CT molecular complexity index is 313. The van der Waals surface area contributed by atoms with E-state index in [9.17, 15) is 9.59 Å². The van der Waals surface area contributed by atoms with Gasteiger partial charge in [-0.15, -0.1) is 0 Å². The van der Waals surface area contributed by atoms with Crippen molar-refractivity contribution in [2.45, 2.75) is 34.1 Å². The molecule has 3 nitrogen and oxygen atoms in total. The molecule has 0 aliphatic heterocycles. The summed E-state index contributed by atoms with van der Waals surface area (Å²) < 4.78 is 5.02. The van der Waals surface area contributed by atoms with Gasteiger partial charge in [0.2, 0.25) is 0 Å². The molecule has 1 unspecified atom stereocenters. The zero-order valence-corrected chi connectivity index (χ0v) is 10.5. The van der Waals surface area contributed by atoms with E-state index < -0.39 is 0 Å². The van der Waals surface area contributed by atoms with Gasteiger partial charge in [-0.25, -0.2) is 0 Å². The lowest BCUT2D eigenvalue weighted by atomic mass is 9.94. The molecule has 0 aromatic heterocycles. The number of hydrogen-bond donors (Lipinski definition) is 0. The lowest BCUT2D eigenvalue weighted by Gasteiger charge is -2.09. The minimum absolute atomic E-state index is 0.0578. The quantitative estimate of drug-likeness (QED) is 0.493. The average Bonchev–Trinajstić information content (AvgIpc) is 2.24. The molecule has 0 rings (SSSR count). The molecule has 0 fully saturated rings. The first kappa shape index (κ1) is 14.6. The zero-order chi connectivity index (χ0) is 12.7. The van der Waals surface area contributed by atoms with Crippen LogP contribution < -0.4 is 0 Å². The van der Waals surface area contributed by atoms with E-state index in [4.69, 9.17) is 4.74 Å². The van der Waals surface area contributed by atoms with Crippen LogP contribution in [0.25, 0.3) is 0 Å². The Balaban J connectivity index is 4.35. The second kappa shape index (κ2) is 6.99. The van der Waals surface area contributed by atoms with Crippen LogP contribution in [0.4, 0.5) is 0 Å². The monoisotopic (exact) mass is 224 g/mol. The SMILES string of the molecule is C=C(C)C(=O)C(C)CC(=O)/C(C)=C/OCC. The van der Waals surface area contributed by atoms with Crippen molar-refractivity contribution in [3.8, 4) is 0 Å². The van der Waals surface area contributed by atoms with E-state index in [1.807, 2.05) is 6.92 Å². The van der Waals surface area contributed by atoms with Crippen molar-refractivity contribution in [2.24, 2.45) is 5.92 Å². The number of ketones is 2. The average molecular weight is 224 g/mol. The van der Waals surface area contributed by atoms with Crippen LogP contribution in [0.5, 0.6) is 0 Å². The molecule has 3 heteroatoms. The van der Waals surface area contributed by atoms with Crippen molar-refractivity contribution in [2.75, 3.05) is 6.61 Å². The summed E-state index contributed by atoms with van der Waals surface area (Å²) >= 11 is 0. The maximum Gasteiger partial charge on any atom is 0.162 e. The normalized spacial score (nSPS) is 13.1. The molecule has 0 aromatic carbocycles. The molecule has 0 saturated heterocycles. The van der Waals surface area contributed by atoms with Gasteiger partial charge >= 0.3 is 0 Å². The molecule has 0 aromatic rings. The van der Waals surface area contributed by atoms with Gasteiger partial charge in [-0.3, -0.25) is 9.59 Å². The van der Waals surface area contributed by atoms with Gasteiger partial charge in [-0.1, -0.05) is 13.5 Å². The summed E-state index contributed by atoms with van der Waals surface area (Å²) in [6.07, 6.45) is 1.65. The largest absolute Gasteiger partial charge is 0.501 e. The highest BCUT2D eigenvalue weighted by atomic mass is 16.5. The van der Waals surface area contributed by atoms with Gasteiger partial charge < -0.3 is 4.74 Å². The zero-order valence-electron chi connectivity index (χ0n) is 10.5. The Hall–Kier alpha value is -1.38. The van der Waals surface area contributed by atoms with Crippen molar-refractivity contribution in [1.29, 1.82) is 0 Å². The van der Waals surface area contributed by atoms with E-state index in [2.05, 4.69) is 6.58 Å². The van der Waals surface area contributed by atoms with Crippen LogP contribution in [0, 0.1) is 5.92 Å². The Kier molecular flexibility index (Phi) is 6.38. The molecule has 0 aliphatic carbocycles. The van der Waals surface area contributed by atoms with E-state index in [0.29, 0.717) is 17.8 Å². The number of ether oxygens (including phenoxy) is 1. The predicted octanol–water partition coefficient (Wildman–Crippen LogP) is 2.67. The van der Waals surface area contributed by atoms with E-state index in [-0.39, 0.29) is 23.9 Å². The number of carbonyl (C=O) groups excluding carboxylic acids is 2. The van der Waals surface area contributed by atoms with Crippen LogP contribution in [-0.4, -0.2) is 18.2 Å². The van der Waals surface area contributed by atoms with Crippen LogP contribution in [0.3, 0.4) is 0 Å². The van der Waals surface area contributed by atoms with Crippen LogP contribution in [0.1, 0.15) is 34.1 Å². The minimum Gasteiger partial charge on any atom is -0.501 e. The summed E-state index contributed by atoms with van der Waals surface area (Å²) in [5, 5.41) is 0. The number of allylic oxidation sites excluding steroid dienone is 2. The molecular formula is C13H20O3. The molecule has 1 atom stereocenters. The van der Waals surface area contributed by atoms with Gasteiger partial charge in [0.25, 0.3) is 0 Å². The van der Waals surface area contributed by atoms with E-state index >= 15 is 0 Å². The molecule has 90 valence electrons. The molecule has 0 amide bonds. The standard InChI is InChI=1S/C13H20O3/c1-6-16-8-11(5)12(14)7-10(4)13(15)9(2)3/h8,10H,2,6-7H2,1,3-5H3/b11-8+. The number of Topliss-reactive ketones (excluding diaryl/α,β-unsaturated/α-hetero) is 2. The Morgan fingerprint density at radius 2 is 1.94 bits per heavy atom. The van der Waals surface area contributed by atoms with Crippen molar-refractivity contribution < 1.29 is 14.3 Å². The maximum atomic E-state index is 11.7. The third-order valence-electron chi connectivity index (χ3n) is 2.23. The summed E-state index contributed by atoms with van der Waals surface area (Å²) in [5.41, 5.74) is 1.04. The molecule has 0 bridgehead atoms. The molecule has 16 heavy (non-hydrogen) atoms. The first-order chi connectivity index (χ1) is 7.40. The highest BCUT2D eigenvalue weighted by molar-refractivity contribution is 6.01. The third-order valence-corrected chi connectivity index (χ3v) is 2.23. The topological polar surface area (TPSA) is 43.4 Å². The van der Waals surface area contributed by atoms with Gasteiger partial charge in [0.1, 0.15) is 0 Å². The fourth-order valence-electron chi connectivity index (χ4n) is 1.23. The smallest absolute Gasteiger partial charge is 0.162 e. The van der Waals surface area contributed by atoms with Crippen molar-refractivity contribution in [1.82, 2.24) is 0 Å². The van der Waals surface area contributed by atoms with Crippen LogP contribution in [0.2, 0.25) is 0 Å². The molecule has 0 saturated carbocycles. The number of rotatable bonds is 7. The summed E-state index contributed by atoms with van der Waals surface area (Å²) in [5.74, 6) is -0.428. The van der Waals surface area contributed by atoms with Crippen LogP contribution >= 0.6 is 0 Å². The van der Waals surface area contributed by atoms with E-state index in [1.54, 1.807) is 20.8 Å². The van der Waals surface area contributed by atoms with E-state index in [1.165, 1.54) is 6.26 Å². The fourth-order valence-corrected chi connectivity index (χ4v) is 1.23. The van der Waals surface area contributed by atoms with E-state index in [0.717, 1.165) is 0 Å². The summed E-state index contributed by atoms with van der Waals surface area (Å²) in [6.45, 7) is 11.0. The summed E-state index contributed by atoms with van der Waals surface area (Å²) in [6, 6.07) is 0. The molecular weight excluding hydrogens is 204 g/mol. The van der Waals surface area contributed by atoms with Crippen LogP contribution in [0.15, 0.2) is 24.0 Å². The van der Waals surface area contributed by atoms with Crippen LogP contribution in [-0.2, 0) is 14.3 Å². The van der Waals surface area contributed by atoms with Crippen molar-refractivity contribution >= 4 is 11.6 Å². The maximum absolute atomic E-state index is 11.7. The Labute approximate surface area is 97.2 Å². The summed E-state index contributed by atoms with van der Waals surface area (Å²) in [7, 11) is 0. The molecule has 0 heterocycles. The van der Waals surface area contributed by atoms with Crippen molar-refractivity contribution in [3.63, 3.8) is 0 Å². The number of hydrogen-bond acceptors (Lipinski definition) is 3. The van der Waals surface area contributed by atoms with Crippen molar-refractivity contribution in [3.05, 3.63) is 24.0 Å². The van der Waals surface area contributed by atoms with Gasteiger partial charge in [0.05, 0.1) is 12.9 Å². The minimum atomic E-state index is -0.310. The lowest BCUT2D eigenvalue weighted by Crippen LogP contribution is -2.16. The Morgan fingerprint density at radius 3 is 2.38 bits per heavy atom. The van der Waals surface area contributed by atoms with Gasteiger partial charge in [-0.05, 0) is 26.3 Å².